The number of nitrogens with one attached hydrogen (secondary N) is 1. The van der Waals surface area contributed by atoms with Crippen molar-refractivity contribution in [1.29, 1.82) is 0 Å². The second-order valence-corrected chi connectivity index (χ2v) is 10.4. The highest BCUT2D eigenvalue weighted by molar-refractivity contribution is 7.89. The van der Waals surface area contributed by atoms with E-state index in [0.717, 1.165) is 18.4 Å². The highest BCUT2D eigenvalue weighted by Gasteiger charge is 2.28. The first-order valence-electron chi connectivity index (χ1n) is 10.4. The first kappa shape index (κ1) is 23.2. The zero-order chi connectivity index (χ0) is 23.6. The molecule has 1 aliphatic heterocycles. The molecule has 1 aromatic heterocycles. The third-order valence-corrected chi connectivity index (χ3v) is 8.22. The van der Waals surface area contributed by atoms with Gasteiger partial charge in [0.15, 0.2) is 5.13 Å². The third-order valence-electron chi connectivity index (χ3n) is 5.57. The van der Waals surface area contributed by atoms with Gasteiger partial charge in [-0.15, -0.1) is 11.3 Å². The lowest BCUT2D eigenvalue weighted by Gasteiger charge is -2.16. The third kappa shape index (κ3) is 4.73. The fraction of sp³-hybridized carbons (Fsp3) is 0.304. The van der Waals surface area contributed by atoms with Crippen LogP contribution in [0.1, 0.15) is 28.8 Å². The molecule has 10 heteroatoms. The summed E-state index contributed by atoms with van der Waals surface area (Å²) >= 11 is 1.28. The van der Waals surface area contributed by atoms with Gasteiger partial charge in [-0.1, -0.05) is 6.07 Å². The molecule has 1 saturated heterocycles. The molecular weight excluding hydrogens is 462 g/mol. The Kier molecular flexibility index (Phi) is 6.68. The molecule has 33 heavy (non-hydrogen) atoms. The van der Waals surface area contributed by atoms with E-state index in [2.05, 4.69) is 10.3 Å². The quantitative estimate of drug-likeness (QED) is 0.537. The average molecular weight is 488 g/mol. The molecule has 4 rings (SSSR count). The highest BCUT2D eigenvalue weighted by Crippen LogP contribution is 2.35. The second kappa shape index (κ2) is 9.50. The lowest BCUT2D eigenvalue weighted by atomic mass is 10.1. The molecule has 1 fully saturated rings. The summed E-state index contributed by atoms with van der Waals surface area (Å²) < 4.78 is 38.0. The number of ether oxygens (including phenoxy) is 2. The largest absolute Gasteiger partial charge is 0.497 e. The van der Waals surface area contributed by atoms with Crippen molar-refractivity contribution in [3.05, 3.63) is 52.9 Å². The first-order valence-corrected chi connectivity index (χ1v) is 12.8. The Morgan fingerprint density at radius 1 is 1.09 bits per heavy atom. The van der Waals surface area contributed by atoms with Crippen molar-refractivity contribution in [2.24, 2.45) is 0 Å². The number of hydrogen-bond donors (Lipinski definition) is 1. The number of hydrogen-bond acceptors (Lipinski definition) is 7. The molecule has 0 radical (unpaired) electrons. The highest BCUT2D eigenvalue weighted by atomic mass is 32.2. The van der Waals surface area contributed by atoms with Crippen LogP contribution in [0.2, 0.25) is 0 Å². The number of sulfonamides is 1. The number of carbonyl (C=O) groups is 1. The lowest BCUT2D eigenvalue weighted by molar-refractivity contribution is 0.102. The summed E-state index contributed by atoms with van der Waals surface area (Å²) in [6, 6.07) is 10.1. The molecule has 0 atom stereocenters. The normalized spacial score (nSPS) is 14.3. The van der Waals surface area contributed by atoms with Crippen molar-refractivity contribution in [1.82, 2.24) is 9.29 Å². The Morgan fingerprint density at radius 2 is 1.85 bits per heavy atom. The van der Waals surface area contributed by atoms with E-state index in [-0.39, 0.29) is 4.90 Å². The van der Waals surface area contributed by atoms with E-state index in [4.69, 9.17) is 9.47 Å². The second-order valence-electron chi connectivity index (χ2n) is 7.65. The van der Waals surface area contributed by atoms with Gasteiger partial charge in [0.1, 0.15) is 11.5 Å². The van der Waals surface area contributed by atoms with Gasteiger partial charge in [-0.2, -0.15) is 4.31 Å². The molecule has 0 unspecified atom stereocenters. The molecule has 1 amide bonds. The summed E-state index contributed by atoms with van der Waals surface area (Å²) in [4.78, 5) is 17.6. The molecule has 1 aliphatic rings. The molecule has 8 nitrogen and oxygen atoms in total. The summed E-state index contributed by atoms with van der Waals surface area (Å²) in [5.41, 5.74) is 2.40. The van der Waals surface area contributed by atoms with Crippen LogP contribution >= 0.6 is 11.3 Å². The summed E-state index contributed by atoms with van der Waals surface area (Å²) in [6.45, 7) is 2.79. The fourth-order valence-electron chi connectivity index (χ4n) is 3.71. The van der Waals surface area contributed by atoms with Gasteiger partial charge in [-0.25, -0.2) is 13.4 Å². The van der Waals surface area contributed by atoms with Gasteiger partial charge in [0.2, 0.25) is 10.0 Å². The van der Waals surface area contributed by atoms with E-state index in [1.165, 1.54) is 21.7 Å². The van der Waals surface area contributed by atoms with Gasteiger partial charge >= 0.3 is 0 Å². The number of carbonyl (C=O) groups excluding carboxylic acids is 1. The van der Waals surface area contributed by atoms with Crippen molar-refractivity contribution in [2.75, 3.05) is 32.6 Å². The summed E-state index contributed by atoms with van der Waals surface area (Å²) in [7, 11) is -0.463. The van der Waals surface area contributed by atoms with Crippen LogP contribution in [0.3, 0.4) is 0 Å². The van der Waals surface area contributed by atoms with E-state index in [0.29, 0.717) is 46.5 Å². The number of nitrogens with zero attached hydrogens (tertiary/aromatic N) is 2. The average Bonchev–Trinajstić information content (AvgIpc) is 3.51. The molecule has 0 bridgehead atoms. The number of aryl methyl sites for hydroxylation is 1. The molecule has 0 saturated carbocycles. The number of rotatable bonds is 7. The summed E-state index contributed by atoms with van der Waals surface area (Å²) in [5.74, 6) is 0.861. The van der Waals surface area contributed by atoms with Crippen molar-refractivity contribution < 1.29 is 22.7 Å². The number of thiazole rings is 1. The Balaban J connectivity index is 1.57. The standard InChI is InChI=1S/C23H25N3O5S2/c1-15-6-8-17(33(28,29)26-10-4-5-11-26)13-19(15)22(27)25-23-24-20(14-32-23)18-9-7-16(30-2)12-21(18)31-3/h6-9,12-14H,4-5,10-11H2,1-3H3,(H,24,25,27). The van der Waals surface area contributed by atoms with Gasteiger partial charge in [0, 0.05) is 35.7 Å². The van der Waals surface area contributed by atoms with Gasteiger partial charge < -0.3 is 9.47 Å². The van der Waals surface area contributed by atoms with Crippen molar-refractivity contribution in [3.63, 3.8) is 0 Å². The Morgan fingerprint density at radius 3 is 2.55 bits per heavy atom. The van der Waals surface area contributed by atoms with Crippen LogP contribution in [-0.4, -0.2) is 50.9 Å². The maximum Gasteiger partial charge on any atom is 0.257 e. The van der Waals surface area contributed by atoms with E-state index >= 15 is 0 Å². The van der Waals surface area contributed by atoms with Crippen LogP contribution in [0.15, 0.2) is 46.7 Å². The molecule has 174 valence electrons. The predicted molar refractivity (Wildman–Crippen MR) is 128 cm³/mol. The first-order chi connectivity index (χ1) is 15.8. The Hall–Kier alpha value is -2.95. The maximum atomic E-state index is 13.0. The van der Waals surface area contributed by atoms with Crippen molar-refractivity contribution in [3.8, 4) is 22.8 Å². The minimum atomic E-state index is -3.61. The van der Waals surface area contributed by atoms with Crippen molar-refractivity contribution in [2.45, 2.75) is 24.7 Å². The molecule has 3 aromatic rings. The van der Waals surface area contributed by atoms with E-state index in [1.807, 2.05) is 17.5 Å². The molecule has 0 spiro atoms. The Bertz CT molecular complexity index is 1280. The minimum Gasteiger partial charge on any atom is -0.497 e. The molecular formula is C23H25N3O5S2. The minimum absolute atomic E-state index is 0.128. The molecule has 1 N–H and O–H groups in total. The summed E-state index contributed by atoms with van der Waals surface area (Å²) in [5, 5.41) is 5.02. The van der Waals surface area contributed by atoms with Crippen LogP contribution in [-0.2, 0) is 10.0 Å². The Labute approximate surface area is 197 Å². The molecule has 0 aliphatic carbocycles. The van der Waals surface area contributed by atoms with Crippen LogP contribution in [0.25, 0.3) is 11.3 Å². The van der Waals surface area contributed by atoms with Crippen LogP contribution < -0.4 is 14.8 Å². The van der Waals surface area contributed by atoms with Crippen LogP contribution in [0.5, 0.6) is 11.5 Å². The zero-order valence-electron chi connectivity index (χ0n) is 18.6. The monoisotopic (exact) mass is 487 g/mol. The number of methoxy groups -OCH3 is 2. The topological polar surface area (TPSA) is 97.8 Å². The lowest BCUT2D eigenvalue weighted by Crippen LogP contribution is -2.28. The van der Waals surface area contributed by atoms with Gasteiger partial charge in [0.25, 0.3) is 5.91 Å². The van der Waals surface area contributed by atoms with E-state index in [9.17, 15) is 13.2 Å². The van der Waals surface area contributed by atoms with E-state index < -0.39 is 15.9 Å². The van der Waals surface area contributed by atoms with Gasteiger partial charge in [-0.05, 0) is 49.6 Å². The molecule has 2 heterocycles. The number of aromatic nitrogens is 1. The van der Waals surface area contributed by atoms with Gasteiger partial charge in [-0.3, -0.25) is 10.1 Å². The maximum absolute atomic E-state index is 13.0. The van der Waals surface area contributed by atoms with Crippen LogP contribution in [0, 0.1) is 6.92 Å². The smallest absolute Gasteiger partial charge is 0.257 e. The number of benzene rings is 2. The van der Waals surface area contributed by atoms with Crippen LogP contribution in [0.4, 0.5) is 5.13 Å². The molecule has 2 aromatic carbocycles. The van der Waals surface area contributed by atoms with Crippen molar-refractivity contribution >= 4 is 32.4 Å². The predicted octanol–water partition coefficient (Wildman–Crippen LogP) is 4.17. The number of anilines is 1. The van der Waals surface area contributed by atoms with E-state index in [1.54, 1.807) is 39.3 Å². The zero-order valence-corrected chi connectivity index (χ0v) is 20.3. The van der Waals surface area contributed by atoms with Gasteiger partial charge in [0.05, 0.1) is 24.8 Å². The SMILES string of the molecule is COc1ccc(-c2csc(NC(=O)c3cc(S(=O)(=O)N4CCCC4)ccc3C)n2)c(OC)c1. The summed E-state index contributed by atoms with van der Waals surface area (Å²) in [6.07, 6.45) is 1.70. The number of amides is 1. The fourth-order valence-corrected chi connectivity index (χ4v) is 5.96.